The Morgan fingerprint density at radius 3 is 1.92 bits per heavy atom. The predicted molar refractivity (Wildman–Crippen MR) is 54.7 cm³/mol. The highest BCUT2D eigenvalue weighted by Gasteiger charge is 2.25. The Kier molecular flexibility index (Phi) is 3.95. The smallest absolute Gasteiger partial charge is 0.303 e. The van der Waals surface area contributed by atoms with Gasteiger partial charge in [0.25, 0.3) is 0 Å². The molecule has 0 radical (unpaired) electrons. The largest absolute Gasteiger partial charge is 0.481 e. The zero-order valence-electron chi connectivity index (χ0n) is 9.48. The van der Waals surface area contributed by atoms with Gasteiger partial charge in [-0.2, -0.15) is 0 Å². The van der Waals surface area contributed by atoms with Crippen LogP contribution in [0.15, 0.2) is 0 Å². The summed E-state index contributed by atoms with van der Waals surface area (Å²) in [5.74, 6) is -0.693. The molecule has 0 aliphatic heterocycles. The molecule has 2 nitrogen and oxygen atoms in total. The molecule has 0 aromatic carbocycles. The van der Waals surface area contributed by atoms with Crippen molar-refractivity contribution in [3.8, 4) is 0 Å². The minimum Gasteiger partial charge on any atom is -0.481 e. The molecule has 2 heteroatoms. The fraction of sp³-hybridized carbons (Fsp3) is 0.909. The molecule has 0 rings (SSSR count). The van der Waals surface area contributed by atoms with E-state index in [1.165, 1.54) is 0 Å². The van der Waals surface area contributed by atoms with E-state index in [0.717, 1.165) is 12.8 Å². The molecule has 0 saturated heterocycles. The summed E-state index contributed by atoms with van der Waals surface area (Å²) < 4.78 is 0. The van der Waals surface area contributed by atoms with Gasteiger partial charge in [0.15, 0.2) is 0 Å². The summed E-state index contributed by atoms with van der Waals surface area (Å²) >= 11 is 0. The fourth-order valence-corrected chi connectivity index (χ4v) is 1.97. The van der Waals surface area contributed by atoms with Gasteiger partial charge in [-0.05, 0) is 23.7 Å². The average Bonchev–Trinajstić information content (AvgIpc) is 1.78. The highest BCUT2D eigenvalue weighted by atomic mass is 16.4. The maximum absolute atomic E-state index is 10.4. The van der Waals surface area contributed by atoms with Gasteiger partial charge < -0.3 is 5.11 Å². The topological polar surface area (TPSA) is 37.3 Å². The van der Waals surface area contributed by atoms with Gasteiger partial charge in [0.2, 0.25) is 0 Å². The Labute approximate surface area is 81.3 Å². The van der Waals surface area contributed by atoms with E-state index in [9.17, 15) is 4.79 Å². The van der Waals surface area contributed by atoms with Crippen molar-refractivity contribution in [2.24, 2.45) is 10.8 Å². The fourth-order valence-electron chi connectivity index (χ4n) is 1.97. The Balaban J connectivity index is 4.01. The number of aliphatic carboxylic acids is 1. The first-order valence-corrected chi connectivity index (χ1v) is 4.84. The van der Waals surface area contributed by atoms with Crippen LogP contribution in [0.1, 0.15) is 53.9 Å². The van der Waals surface area contributed by atoms with Gasteiger partial charge in [-0.15, -0.1) is 0 Å². The molecule has 0 spiro atoms. The molecule has 0 saturated carbocycles. The van der Waals surface area contributed by atoms with E-state index in [-0.39, 0.29) is 17.3 Å². The zero-order valence-corrected chi connectivity index (χ0v) is 9.48. The first kappa shape index (κ1) is 12.5. The first-order chi connectivity index (χ1) is 5.62. The lowest BCUT2D eigenvalue weighted by Crippen LogP contribution is -2.21. The van der Waals surface area contributed by atoms with E-state index in [0.29, 0.717) is 0 Å². The van der Waals surface area contributed by atoms with Crippen LogP contribution in [0.5, 0.6) is 0 Å². The second kappa shape index (κ2) is 4.12. The summed E-state index contributed by atoms with van der Waals surface area (Å²) in [5.41, 5.74) is 0.415. The van der Waals surface area contributed by atoms with Crippen molar-refractivity contribution >= 4 is 5.97 Å². The second-order valence-corrected chi connectivity index (χ2v) is 5.80. The van der Waals surface area contributed by atoms with Crippen LogP contribution in [-0.2, 0) is 4.79 Å². The number of hydrogen-bond donors (Lipinski definition) is 1. The van der Waals surface area contributed by atoms with Crippen molar-refractivity contribution in [3.63, 3.8) is 0 Å². The standard InChI is InChI=1S/C11H22O2/c1-10(2,3)8-11(4,5)7-6-9(12)13/h6-8H2,1-5H3,(H,12,13). The third-order valence-electron chi connectivity index (χ3n) is 2.02. The molecule has 0 aliphatic carbocycles. The third kappa shape index (κ3) is 7.82. The van der Waals surface area contributed by atoms with Crippen LogP contribution in [0.2, 0.25) is 0 Å². The zero-order chi connectivity index (χ0) is 10.7. The molecule has 78 valence electrons. The van der Waals surface area contributed by atoms with Crippen LogP contribution in [0.3, 0.4) is 0 Å². The Morgan fingerprint density at radius 1 is 1.15 bits per heavy atom. The average molecular weight is 186 g/mol. The quantitative estimate of drug-likeness (QED) is 0.731. The molecule has 0 fully saturated rings. The summed E-state index contributed by atoms with van der Waals surface area (Å²) in [7, 11) is 0. The van der Waals surface area contributed by atoms with Crippen LogP contribution in [0.4, 0.5) is 0 Å². The molecule has 0 heterocycles. The van der Waals surface area contributed by atoms with Gasteiger partial charge in [0.1, 0.15) is 0 Å². The van der Waals surface area contributed by atoms with Gasteiger partial charge >= 0.3 is 5.97 Å². The van der Waals surface area contributed by atoms with Crippen molar-refractivity contribution in [1.29, 1.82) is 0 Å². The first-order valence-electron chi connectivity index (χ1n) is 4.84. The van der Waals surface area contributed by atoms with Gasteiger partial charge in [-0.3, -0.25) is 4.79 Å². The second-order valence-electron chi connectivity index (χ2n) is 5.80. The van der Waals surface area contributed by atoms with Gasteiger partial charge in [0, 0.05) is 6.42 Å². The molecule has 0 bridgehead atoms. The van der Waals surface area contributed by atoms with Crippen LogP contribution in [0, 0.1) is 10.8 Å². The summed E-state index contributed by atoms with van der Waals surface area (Å²) in [4.78, 5) is 10.4. The van der Waals surface area contributed by atoms with Crippen molar-refractivity contribution in [3.05, 3.63) is 0 Å². The van der Waals surface area contributed by atoms with E-state index in [1.54, 1.807) is 0 Å². The van der Waals surface area contributed by atoms with Crippen LogP contribution in [-0.4, -0.2) is 11.1 Å². The van der Waals surface area contributed by atoms with Crippen LogP contribution < -0.4 is 0 Å². The number of carbonyl (C=O) groups is 1. The summed E-state index contributed by atoms with van der Waals surface area (Å²) in [6.45, 7) is 10.9. The third-order valence-corrected chi connectivity index (χ3v) is 2.02. The molecule has 0 atom stereocenters. The van der Waals surface area contributed by atoms with Crippen molar-refractivity contribution < 1.29 is 9.90 Å². The number of rotatable bonds is 4. The lowest BCUT2D eigenvalue weighted by atomic mass is 9.74. The molecule has 0 aromatic rings. The SMILES string of the molecule is CC(C)(C)CC(C)(C)CCC(=O)O. The summed E-state index contributed by atoms with van der Waals surface area (Å²) in [6, 6.07) is 0. The van der Waals surface area contributed by atoms with Crippen molar-refractivity contribution in [2.45, 2.75) is 53.9 Å². The van der Waals surface area contributed by atoms with Gasteiger partial charge in [0.05, 0.1) is 0 Å². The van der Waals surface area contributed by atoms with E-state index < -0.39 is 5.97 Å². The van der Waals surface area contributed by atoms with Gasteiger partial charge in [-0.1, -0.05) is 34.6 Å². The van der Waals surface area contributed by atoms with E-state index >= 15 is 0 Å². The van der Waals surface area contributed by atoms with Crippen molar-refractivity contribution in [1.82, 2.24) is 0 Å². The Bertz CT molecular complexity index is 175. The minimum absolute atomic E-state index is 0.136. The maximum atomic E-state index is 10.4. The van der Waals surface area contributed by atoms with Crippen molar-refractivity contribution in [2.75, 3.05) is 0 Å². The number of hydrogen-bond acceptors (Lipinski definition) is 1. The molecule has 13 heavy (non-hydrogen) atoms. The van der Waals surface area contributed by atoms with Crippen LogP contribution in [0.25, 0.3) is 0 Å². The highest BCUT2D eigenvalue weighted by molar-refractivity contribution is 5.66. The van der Waals surface area contributed by atoms with E-state index in [2.05, 4.69) is 34.6 Å². The Morgan fingerprint density at radius 2 is 1.62 bits per heavy atom. The predicted octanol–water partition coefficient (Wildman–Crippen LogP) is 3.31. The molecule has 0 aliphatic rings. The summed E-state index contributed by atoms with van der Waals surface area (Å²) in [6.07, 6.45) is 2.11. The molecular weight excluding hydrogens is 164 g/mol. The lowest BCUT2D eigenvalue weighted by Gasteiger charge is -2.32. The molecular formula is C11H22O2. The molecule has 1 N–H and O–H groups in total. The lowest BCUT2D eigenvalue weighted by molar-refractivity contribution is -0.137. The highest BCUT2D eigenvalue weighted by Crippen LogP contribution is 2.36. The molecule has 0 aromatic heterocycles. The Hall–Kier alpha value is -0.530. The minimum atomic E-state index is -0.693. The molecule has 0 amide bonds. The monoisotopic (exact) mass is 186 g/mol. The summed E-state index contributed by atoms with van der Waals surface area (Å²) in [5, 5.41) is 8.58. The number of carboxylic acid groups (broad SMARTS) is 1. The normalized spacial score (nSPS) is 13.0. The van der Waals surface area contributed by atoms with E-state index in [4.69, 9.17) is 5.11 Å². The van der Waals surface area contributed by atoms with Gasteiger partial charge in [-0.25, -0.2) is 0 Å². The molecule has 0 unspecified atom stereocenters. The number of carboxylic acids is 1. The van der Waals surface area contributed by atoms with E-state index in [1.807, 2.05) is 0 Å². The maximum Gasteiger partial charge on any atom is 0.303 e. The van der Waals surface area contributed by atoms with Crippen LogP contribution >= 0.6 is 0 Å².